The molecule has 20 heavy (non-hydrogen) atoms. The normalized spacial score (nSPS) is 10.4. The Balaban J connectivity index is 2.03. The summed E-state index contributed by atoms with van der Waals surface area (Å²) in [5.74, 6) is 1.46. The van der Waals surface area contributed by atoms with Gasteiger partial charge in [0.1, 0.15) is 0 Å². The molecule has 0 saturated carbocycles. The number of nitrogens with zero attached hydrogens (tertiary/aromatic N) is 5. The highest BCUT2D eigenvalue weighted by Crippen LogP contribution is 2.24. The first kappa shape index (κ1) is 12.1. The highest BCUT2D eigenvalue weighted by Gasteiger charge is 2.15. The van der Waals surface area contributed by atoms with Gasteiger partial charge in [0.25, 0.3) is 5.89 Å². The first-order valence-corrected chi connectivity index (χ1v) is 6.06. The summed E-state index contributed by atoms with van der Waals surface area (Å²) in [6.07, 6.45) is 3.79. The Morgan fingerprint density at radius 3 is 2.95 bits per heavy atom. The Morgan fingerprint density at radius 2 is 2.20 bits per heavy atom. The minimum absolute atomic E-state index is 0.302. The van der Waals surface area contributed by atoms with E-state index in [-0.39, 0.29) is 0 Å². The molecule has 0 saturated heterocycles. The number of imidazole rings is 1. The Labute approximate surface area is 115 Å². The van der Waals surface area contributed by atoms with Gasteiger partial charge in [-0.1, -0.05) is 23.4 Å². The number of rotatable bonds is 3. The van der Waals surface area contributed by atoms with Gasteiger partial charge in [0, 0.05) is 25.0 Å². The largest absolute Gasteiger partial charge is 0.333 e. The van der Waals surface area contributed by atoms with E-state index >= 15 is 0 Å². The standard InChI is InChI=1S/C14H11N5O/c1-19-9-8-16-13(19)12-17-14(20-18-12)11-5-3-2-4-10(11)6-7-15/h2-5,8-9H,6H2,1H3. The molecule has 0 aliphatic heterocycles. The molecule has 0 bridgehead atoms. The summed E-state index contributed by atoms with van der Waals surface area (Å²) in [5.41, 5.74) is 1.65. The van der Waals surface area contributed by atoms with Gasteiger partial charge in [0.05, 0.1) is 12.5 Å². The number of aromatic nitrogens is 4. The zero-order valence-corrected chi connectivity index (χ0v) is 10.8. The number of nitriles is 1. The number of benzene rings is 1. The number of hydrogen-bond donors (Lipinski definition) is 0. The van der Waals surface area contributed by atoms with Crippen molar-refractivity contribution in [3.63, 3.8) is 0 Å². The Bertz CT molecular complexity index is 781. The van der Waals surface area contributed by atoms with Crippen molar-refractivity contribution in [2.24, 2.45) is 7.05 Å². The van der Waals surface area contributed by atoms with Gasteiger partial charge in [0.15, 0.2) is 5.82 Å². The summed E-state index contributed by atoms with van der Waals surface area (Å²) in [7, 11) is 1.86. The maximum atomic E-state index is 8.85. The van der Waals surface area contributed by atoms with Crippen molar-refractivity contribution in [3.05, 3.63) is 42.2 Å². The summed E-state index contributed by atoms with van der Waals surface area (Å²) < 4.78 is 7.11. The highest BCUT2D eigenvalue weighted by atomic mass is 16.5. The van der Waals surface area contributed by atoms with E-state index in [1.165, 1.54) is 0 Å². The van der Waals surface area contributed by atoms with Crippen molar-refractivity contribution in [1.29, 1.82) is 5.26 Å². The zero-order valence-electron chi connectivity index (χ0n) is 10.8. The Kier molecular flexibility index (Phi) is 3.01. The SMILES string of the molecule is Cn1ccnc1-c1noc(-c2ccccc2CC#N)n1. The quantitative estimate of drug-likeness (QED) is 0.725. The minimum Gasteiger partial charge on any atom is -0.333 e. The van der Waals surface area contributed by atoms with E-state index < -0.39 is 0 Å². The van der Waals surface area contributed by atoms with E-state index in [1.54, 1.807) is 6.20 Å². The average Bonchev–Trinajstić information content (AvgIpc) is 3.08. The van der Waals surface area contributed by atoms with Gasteiger partial charge < -0.3 is 9.09 Å². The van der Waals surface area contributed by atoms with Crippen LogP contribution in [-0.2, 0) is 13.5 Å². The fourth-order valence-electron chi connectivity index (χ4n) is 1.97. The number of aryl methyl sites for hydroxylation is 1. The molecule has 0 amide bonds. The van der Waals surface area contributed by atoms with Crippen LogP contribution in [-0.4, -0.2) is 19.7 Å². The first-order chi connectivity index (χ1) is 9.79. The second-order valence-corrected chi connectivity index (χ2v) is 4.28. The fourth-order valence-corrected chi connectivity index (χ4v) is 1.97. The topological polar surface area (TPSA) is 80.5 Å². The monoisotopic (exact) mass is 265 g/mol. The molecule has 0 N–H and O–H groups in total. The van der Waals surface area contributed by atoms with Gasteiger partial charge in [0.2, 0.25) is 5.82 Å². The molecular formula is C14H11N5O. The predicted molar refractivity (Wildman–Crippen MR) is 71.3 cm³/mol. The van der Waals surface area contributed by atoms with Crippen molar-refractivity contribution in [3.8, 4) is 29.2 Å². The molecule has 2 aromatic heterocycles. The van der Waals surface area contributed by atoms with E-state index in [2.05, 4.69) is 21.2 Å². The molecule has 98 valence electrons. The van der Waals surface area contributed by atoms with Gasteiger partial charge in [-0.3, -0.25) is 0 Å². The van der Waals surface area contributed by atoms with Crippen LogP contribution in [0.1, 0.15) is 5.56 Å². The molecule has 0 aliphatic rings. The van der Waals surface area contributed by atoms with Gasteiger partial charge in [-0.25, -0.2) is 4.98 Å². The van der Waals surface area contributed by atoms with Gasteiger partial charge >= 0.3 is 0 Å². The van der Waals surface area contributed by atoms with Crippen LogP contribution < -0.4 is 0 Å². The van der Waals surface area contributed by atoms with E-state index in [9.17, 15) is 0 Å². The van der Waals surface area contributed by atoms with Crippen LogP contribution in [0.3, 0.4) is 0 Å². The molecule has 0 radical (unpaired) electrons. The first-order valence-electron chi connectivity index (χ1n) is 6.06. The second kappa shape index (κ2) is 4.97. The van der Waals surface area contributed by atoms with Crippen molar-refractivity contribution in [2.75, 3.05) is 0 Å². The average molecular weight is 265 g/mol. The molecule has 0 aliphatic carbocycles. The van der Waals surface area contributed by atoms with E-state index in [0.717, 1.165) is 11.1 Å². The van der Waals surface area contributed by atoms with Crippen molar-refractivity contribution < 1.29 is 4.52 Å². The third-order valence-corrected chi connectivity index (χ3v) is 2.96. The Morgan fingerprint density at radius 1 is 1.35 bits per heavy atom. The van der Waals surface area contributed by atoms with Gasteiger partial charge in [-0.15, -0.1) is 0 Å². The molecule has 0 fully saturated rings. The summed E-state index contributed by atoms with van der Waals surface area (Å²) in [5, 5.41) is 12.8. The van der Waals surface area contributed by atoms with Crippen LogP contribution in [0.15, 0.2) is 41.2 Å². The molecule has 2 heterocycles. The summed E-state index contributed by atoms with van der Waals surface area (Å²) in [6, 6.07) is 9.63. The van der Waals surface area contributed by atoms with Crippen LogP contribution in [0.25, 0.3) is 23.1 Å². The molecule has 6 heteroatoms. The second-order valence-electron chi connectivity index (χ2n) is 4.28. The molecule has 1 aromatic carbocycles. The van der Waals surface area contributed by atoms with Crippen LogP contribution >= 0.6 is 0 Å². The maximum absolute atomic E-state index is 8.85. The molecule has 3 rings (SSSR count). The summed E-state index contributed by atoms with van der Waals surface area (Å²) in [6.45, 7) is 0. The van der Waals surface area contributed by atoms with E-state index in [0.29, 0.717) is 24.0 Å². The highest BCUT2D eigenvalue weighted by molar-refractivity contribution is 5.61. The smallest absolute Gasteiger partial charge is 0.258 e. The molecule has 0 atom stereocenters. The van der Waals surface area contributed by atoms with Crippen molar-refractivity contribution >= 4 is 0 Å². The summed E-state index contributed by atoms with van der Waals surface area (Å²) in [4.78, 5) is 8.53. The van der Waals surface area contributed by atoms with E-state index in [1.807, 2.05) is 42.1 Å². The maximum Gasteiger partial charge on any atom is 0.258 e. The van der Waals surface area contributed by atoms with Crippen molar-refractivity contribution in [2.45, 2.75) is 6.42 Å². The molecular weight excluding hydrogens is 254 g/mol. The minimum atomic E-state index is 0.302. The summed E-state index contributed by atoms with van der Waals surface area (Å²) >= 11 is 0. The molecule has 6 nitrogen and oxygen atoms in total. The third kappa shape index (κ3) is 2.06. The zero-order chi connectivity index (χ0) is 13.9. The predicted octanol–water partition coefficient (Wildman–Crippen LogP) is 2.20. The van der Waals surface area contributed by atoms with Crippen LogP contribution in [0.2, 0.25) is 0 Å². The van der Waals surface area contributed by atoms with Crippen molar-refractivity contribution in [1.82, 2.24) is 19.7 Å². The molecule has 0 spiro atoms. The van der Waals surface area contributed by atoms with Crippen LogP contribution in [0.5, 0.6) is 0 Å². The molecule has 0 unspecified atom stereocenters. The van der Waals surface area contributed by atoms with Crippen LogP contribution in [0.4, 0.5) is 0 Å². The lowest BCUT2D eigenvalue weighted by atomic mass is 10.1. The fraction of sp³-hybridized carbons (Fsp3) is 0.143. The van der Waals surface area contributed by atoms with Crippen LogP contribution in [0, 0.1) is 11.3 Å². The van der Waals surface area contributed by atoms with E-state index in [4.69, 9.17) is 9.78 Å². The van der Waals surface area contributed by atoms with Gasteiger partial charge in [-0.2, -0.15) is 10.2 Å². The lowest BCUT2D eigenvalue weighted by Gasteiger charge is -2.00. The molecule has 3 aromatic rings. The lowest BCUT2D eigenvalue weighted by molar-refractivity contribution is 0.431. The lowest BCUT2D eigenvalue weighted by Crippen LogP contribution is -1.93. The number of hydrogen-bond acceptors (Lipinski definition) is 5. The third-order valence-electron chi connectivity index (χ3n) is 2.96. The van der Waals surface area contributed by atoms with Gasteiger partial charge in [-0.05, 0) is 11.6 Å². The Hall–Kier alpha value is -2.94.